The van der Waals surface area contributed by atoms with Crippen molar-refractivity contribution in [3.63, 3.8) is 0 Å². The molecule has 2 rings (SSSR count). The first-order chi connectivity index (χ1) is 7.76. The maximum atomic E-state index is 12.8. The van der Waals surface area contributed by atoms with E-state index in [1.165, 1.54) is 12.1 Å². The van der Waals surface area contributed by atoms with Crippen LogP contribution in [-0.4, -0.2) is 10.9 Å². The smallest absolute Gasteiger partial charge is 0.167 e. The van der Waals surface area contributed by atoms with E-state index in [9.17, 15) is 9.18 Å². The summed E-state index contributed by atoms with van der Waals surface area (Å²) in [4.78, 5) is 11.0. The quantitative estimate of drug-likeness (QED) is 0.724. The van der Waals surface area contributed by atoms with E-state index >= 15 is 0 Å². The van der Waals surface area contributed by atoms with Crippen LogP contribution in [0, 0.1) is 5.82 Å². The van der Waals surface area contributed by atoms with Gasteiger partial charge in [-0.05, 0) is 30.7 Å². The summed E-state index contributed by atoms with van der Waals surface area (Å²) in [6.45, 7) is 2.72. The molecule has 0 aliphatic rings. The summed E-state index contributed by atoms with van der Waals surface area (Å²) in [6, 6.07) is 8.02. The Kier molecular flexibility index (Phi) is 2.86. The summed E-state index contributed by atoms with van der Waals surface area (Å²) in [5.41, 5.74) is 2.33. The van der Waals surface area contributed by atoms with Crippen LogP contribution in [0.2, 0.25) is 0 Å². The number of carbonyl (C=O) groups is 1. The van der Waals surface area contributed by atoms with E-state index in [0.29, 0.717) is 5.69 Å². The van der Waals surface area contributed by atoms with Crippen LogP contribution in [0.5, 0.6) is 0 Å². The van der Waals surface area contributed by atoms with Crippen LogP contribution in [0.3, 0.4) is 0 Å². The van der Waals surface area contributed by atoms with Crippen LogP contribution in [0.15, 0.2) is 36.5 Å². The molecule has 3 heteroatoms. The maximum absolute atomic E-state index is 12.8. The first-order valence-electron chi connectivity index (χ1n) is 5.16. The summed E-state index contributed by atoms with van der Waals surface area (Å²) in [5.74, 6) is -0.272. The van der Waals surface area contributed by atoms with Crippen LogP contribution < -0.4 is 0 Å². The van der Waals surface area contributed by atoms with Crippen molar-refractivity contribution in [3.05, 3.63) is 48.0 Å². The number of aryl methyl sites for hydroxylation is 1. The molecule has 1 aromatic heterocycles. The second-order valence-electron chi connectivity index (χ2n) is 3.53. The number of benzene rings is 1. The zero-order valence-corrected chi connectivity index (χ0v) is 8.98. The molecule has 0 unspecified atom stereocenters. The zero-order chi connectivity index (χ0) is 11.5. The molecule has 0 amide bonds. The van der Waals surface area contributed by atoms with E-state index < -0.39 is 0 Å². The lowest BCUT2D eigenvalue weighted by atomic mass is 10.1. The second-order valence-corrected chi connectivity index (χ2v) is 3.53. The Labute approximate surface area is 93.3 Å². The van der Waals surface area contributed by atoms with E-state index in [4.69, 9.17) is 0 Å². The van der Waals surface area contributed by atoms with Gasteiger partial charge in [0.25, 0.3) is 0 Å². The molecule has 1 heterocycles. The van der Waals surface area contributed by atoms with Gasteiger partial charge in [-0.15, -0.1) is 0 Å². The fourth-order valence-electron chi connectivity index (χ4n) is 1.77. The van der Waals surface area contributed by atoms with Crippen LogP contribution >= 0.6 is 0 Å². The summed E-state index contributed by atoms with van der Waals surface area (Å²) in [6.07, 6.45) is 2.70. The van der Waals surface area contributed by atoms with Gasteiger partial charge in [0.1, 0.15) is 5.82 Å². The highest BCUT2D eigenvalue weighted by Crippen LogP contribution is 2.24. The number of halogens is 1. The van der Waals surface area contributed by atoms with E-state index in [-0.39, 0.29) is 5.82 Å². The number of hydrogen-bond acceptors (Lipinski definition) is 1. The highest BCUT2D eigenvalue weighted by molar-refractivity contribution is 5.86. The van der Waals surface area contributed by atoms with Gasteiger partial charge in [0, 0.05) is 18.3 Å². The van der Waals surface area contributed by atoms with Gasteiger partial charge in [0.05, 0.1) is 5.69 Å². The topological polar surface area (TPSA) is 22.0 Å². The molecule has 0 fully saturated rings. The van der Waals surface area contributed by atoms with E-state index in [2.05, 4.69) is 0 Å². The van der Waals surface area contributed by atoms with Crippen LogP contribution in [0.25, 0.3) is 11.1 Å². The van der Waals surface area contributed by atoms with Gasteiger partial charge in [0.15, 0.2) is 6.29 Å². The van der Waals surface area contributed by atoms with Gasteiger partial charge in [-0.1, -0.05) is 12.1 Å². The minimum Gasteiger partial charge on any atom is -0.345 e. The lowest BCUT2D eigenvalue weighted by molar-refractivity contribution is 0.111. The van der Waals surface area contributed by atoms with Gasteiger partial charge in [-0.3, -0.25) is 4.79 Å². The summed E-state index contributed by atoms with van der Waals surface area (Å²) < 4.78 is 14.6. The summed E-state index contributed by atoms with van der Waals surface area (Å²) in [7, 11) is 0. The van der Waals surface area contributed by atoms with E-state index in [0.717, 1.165) is 24.0 Å². The van der Waals surface area contributed by atoms with Crippen molar-refractivity contribution in [2.75, 3.05) is 0 Å². The van der Waals surface area contributed by atoms with Crippen molar-refractivity contribution in [1.29, 1.82) is 0 Å². The van der Waals surface area contributed by atoms with Crippen molar-refractivity contribution in [2.45, 2.75) is 13.5 Å². The molecule has 82 valence electrons. The monoisotopic (exact) mass is 217 g/mol. The number of aldehydes is 1. The molecule has 0 N–H and O–H groups in total. The fourth-order valence-corrected chi connectivity index (χ4v) is 1.77. The molecule has 1 aromatic carbocycles. The third kappa shape index (κ3) is 1.76. The van der Waals surface area contributed by atoms with E-state index in [1.54, 1.807) is 12.1 Å². The Morgan fingerprint density at radius 3 is 2.50 bits per heavy atom. The molecule has 0 aliphatic heterocycles. The molecule has 0 aliphatic carbocycles. The second kappa shape index (κ2) is 4.31. The van der Waals surface area contributed by atoms with Crippen LogP contribution in [0.1, 0.15) is 17.4 Å². The Balaban J connectivity index is 2.51. The maximum Gasteiger partial charge on any atom is 0.167 e. The molecule has 0 spiro atoms. The highest BCUT2D eigenvalue weighted by Gasteiger charge is 2.09. The lowest BCUT2D eigenvalue weighted by Crippen LogP contribution is -1.98. The predicted molar refractivity (Wildman–Crippen MR) is 60.9 cm³/mol. The Morgan fingerprint density at radius 2 is 1.94 bits per heavy atom. The largest absolute Gasteiger partial charge is 0.345 e. The van der Waals surface area contributed by atoms with Crippen molar-refractivity contribution in [2.24, 2.45) is 0 Å². The fraction of sp³-hybridized carbons (Fsp3) is 0.154. The Morgan fingerprint density at radius 1 is 1.25 bits per heavy atom. The number of carbonyl (C=O) groups excluding carboxylic acids is 1. The summed E-state index contributed by atoms with van der Waals surface area (Å²) >= 11 is 0. The number of rotatable bonds is 3. The lowest BCUT2D eigenvalue weighted by Gasteiger charge is -2.03. The molecule has 0 saturated heterocycles. The average molecular weight is 217 g/mol. The molecular weight excluding hydrogens is 205 g/mol. The molecular formula is C13H12FNO. The number of aromatic nitrogens is 1. The van der Waals surface area contributed by atoms with Crippen LogP contribution in [0.4, 0.5) is 4.39 Å². The normalized spacial score (nSPS) is 10.4. The highest BCUT2D eigenvalue weighted by atomic mass is 19.1. The molecule has 16 heavy (non-hydrogen) atoms. The third-order valence-electron chi connectivity index (χ3n) is 2.61. The van der Waals surface area contributed by atoms with Gasteiger partial charge in [-0.2, -0.15) is 0 Å². The van der Waals surface area contributed by atoms with E-state index in [1.807, 2.05) is 23.8 Å². The average Bonchev–Trinajstić information content (AvgIpc) is 2.72. The van der Waals surface area contributed by atoms with Crippen molar-refractivity contribution >= 4 is 6.29 Å². The molecule has 2 nitrogen and oxygen atoms in total. The predicted octanol–water partition coefficient (Wildman–Crippen LogP) is 3.13. The van der Waals surface area contributed by atoms with Gasteiger partial charge >= 0.3 is 0 Å². The molecule has 0 saturated carbocycles. The van der Waals surface area contributed by atoms with Crippen LogP contribution in [-0.2, 0) is 6.54 Å². The standard InChI is InChI=1S/C13H12FNO/c1-2-15-8-7-12(13(15)9-16)10-3-5-11(14)6-4-10/h3-9H,2H2,1H3. The first-order valence-corrected chi connectivity index (χ1v) is 5.16. The molecule has 2 aromatic rings. The Bertz CT molecular complexity index is 499. The van der Waals surface area contributed by atoms with Crippen molar-refractivity contribution in [3.8, 4) is 11.1 Å². The first kappa shape index (κ1) is 10.6. The van der Waals surface area contributed by atoms with Gasteiger partial charge < -0.3 is 4.57 Å². The summed E-state index contributed by atoms with van der Waals surface area (Å²) in [5, 5.41) is 0. The van der Waals surface area contributed by atoms with Crippen molar-refractivity contribution in [1.82, 2.24) is 4.57 Å². The molecule has 0 atom stereocenters. The third-order valence-corrected chi connectivity index (χ3v) is 2.61. The van der Waals surface area contributed by atoms with Gasteiger partial charge in [0.2, 0.25) is 0 Å². The Hall–Kier alpha value is -1.90. The number of nitrogens with zero attached hydrogens (tertiary/aromatic N) is 1. The zero-order valence-electron chi connectivity index (χ0n) is 8.98. The minimum atomic E-state index is -0.272. The molecule has 0 radical (unpaired) electrons. The molecule has 0 bridgehead atoms. The van der Waals surface area contributed by atoms with Gasteiger partial charge in [-0.25, -0.2) is 4.39 Å². The minimum absolute atomic E-state index is 0.272. The number of hydrogen-bond donors (Lipinski definition) is 0. The SMILES string of the molecule is CCn1ccc(-c2ccc(F)cc2)c1C=O. The van der Waals surface area contributed by atoms with Crippen molar-refractivity contribution < 1.29 is 9.18 Å².